The van der Waals surface area contributed by atoms with Crippen molar-refractivity contribution in [1.82, 2.24) is 4.98 Å². The molecule has 0 radical (unpaired) electrons. The zero-order chi connectivity index (χ0) is 12.7. The van der Waals surface area contributed by atoms with Crippen molar-refractivity contribution in [2.24, 2.45) is 5.92 Å². The molecule has 0 aliphatic carbocycles. The molecule has 1 rings (SSSR count). The van der Waals surface area contributed by atoms with Crippen molar-refractivity contribution < 1.29 is 0 Å². The smallest absolute Gasteiger partial charge is 0.0733 e. The van der Waals surface area contributed by atoms with Crippen LogP contribution in [-0.4, -0.2) is 4.98 Å². The average molecular weight is 217 g/mol. The van der Waals surface area contributed by atoms with Gasteiger partial charge in [0.1, 0.15) is 0 Å². The normalized spacial score (nSPS) is 9.38. The maximum absolute atomic E-state index is 4.36. The second kappa shape index (κ2) is 7.00. The fraction of sp³-hybridized carbons (Fsp3) is 0.400. The van der Waals surface area contributed by atoms with Gasteiger partial charge in [-0.05, 0) is 30.1 Å². The summed E-state index contributed by atoms with van der Waals surface area (Å²) in [6, 6.07) is 3.97. The number of hydrogen-bond acceptors (Lipinski definition) is 1. The molecular formula is C15H23N. The Bertz CT molecular complexity index is 361. The third-order valence-electron chi connectivity index (χ3n) is 2.27. The molecule has 1 aromatic heterocycles. The molecule has 1 aromatic rings. The van der Waals surface area contributed by atoms with Crippen LogP contribution in [0.4, 0.5) is 0 Å². The van der Waals surface area contributed by atoms with Gasteiger partial charge >= 0.3 is 0 Å². The van der Waals surface area contributed by atoms with Crippen LogP contribution >= 0.6 is 0 Å². The number of pyridine rings is 1. The van der Waals surface area contributed by atoms with Gasteiger partial charge in [0.2, 0.25) is 0 Å². The van der Waals surface area contributed by atoms with Crippen LogP contribution in [-0.2, 0) is 0 Å². The van der Waals surface area contributed by atoms with E-state index in [2.05, 4.69) is 32.0 Å². The predicted octanol–water partition coefficient (Wildman–Crippen LogP) is 4.81. The molecule has 0 unspecified atom stereocenters. The fourth-order valence-corrected chi connectivity index (χ4v) is 1.28. The Kier molecular flexibility index (Phi) is 6.40. The summed E-state index contributed by atoms with van der Waals surface area (Å²) in [6.07, 6.45) is 1.80. The summed E-state index contributed by atoms with van der Waals surface area (Å²) >= 11 is 0. The van der Waals surface area contributed by atoms with E-state index < -0.39 is 0 Å². The van der Waals surface area contributed by atoms with Gasteiger partial charge < -0.3 is 0 Å². The maximum Gasteiger partial charge on any atom is 0.0733 e. The summed E-state index contributed by atoms with van der Waals surface area (Å²) in [5.41, 5.74) is 4.19. The van der Waals surface area contributed by atoms with E-state index in [1.807, 2.05) is 32.9 Å². The van der Waals surface area contributed by atoms with Crippen LogP contribution in [0.2, 0.25) is 0 Å². The average Bonchev–Trinajstić information content (AvgIpc) is 2.30. The number of allylic oxidation sites excluding steroid dienone is 2. The van der Waals surface area contributed by atoms with Crippen molar-refractivity contribution >= 4 is 11.1 Å². The van der Waals surface area contributed by atoms with Gasteiger partial charge in [0.25, 0.3) is 0 Å². The highest BCUT2D eigenvalue weighted by atomic mass is 14.7. The first kappa shape index (κ1) is 14.6. The lowest BCUT2D eigenvalue weighted by Gasteiger charge is -2.13. The standard InChI is InChI=1S/C13H17N.C2H6/c1-9(2)11(5)13-12(10(3)4)7-6-8-14-13;1-2/h6-9H,3,5H2,1-2,4H3;1-2H3. The van der Waals surface area contributed by atoms with Crippen molar-refractivity contribution in [3.05, 3.63) is 42.7 Å². The molecule has 0 spiro atoms. The first-order valence-electron chi connectivity index (χ1n) is 5.84. The zero-order valence-electron chi connectivity index (χ0n) is 11.2. The van der Waals surface area contributed by atoms with E-state index in [0.717, 1.165) is 22.4 Å². The van der Waals surface area contributed by atoms with E-state index >= 15 is 0 Å². The molecule has 0 atom stereocenters. The molecule has 0 fully saturated rings. The predicted molar refractivity (Wildman–Crippen MR) is 74.2 cm³/mol. The Morgan fingerprint density at radius 2 is 1.81 bits per heavy atom. The Morgan fingerprint density at radius 3 is 2.25 bits per heavy atom. The fourth-order valence-electron chi connectivity index (χ4n) is 1.28. The summed E-state index contributed by atoms with van der Waals surface area (Å²) in [5, 5.41) is 0. The van der Waals surface area contributed by atoms with Crippen molar-refractivity contribution in [2.75, 3.05) is 0 Å². The lowest BCUT2D eigenvalue weighted by Crippen LogP contribution is -1.99. The minimum Gasteiger partial charge on any atom is -0.256 e. The van der Waals surface area contributed by atoms with E-state index in [9.17, 15) is 0 Å². The zero-order valence-corrected chi connectivity index (χ0v) is 11.2. The molecule has 0 bridgehead atoms. The molecule has 0 aliphatic heterocycles. The van der Waals surface area contributed by atoms with Crippen LogP contribution in [0.15, 0.2) is 31.5 Å². The summed E-state index contributed by atoms with van der Waals surface area (Å²) < 4.78 is 0. The highest BCUT2D eigenvalue weighted by Crippen LogP contribution is 2.25. The van der Waals surface area contributed by atoms with Crippen molar-refractivity contribution in [2.45, 2.75) is 34.6 Å². The summed E-state index contributed by atoms with van der Waals surface area (Å²) in [4.78, 5) is 4.36. The Balaban J connectivity index is 0.00000106. The largest absolute Gasteiger partial charge is 0.256 e. The first-order valence-corrected chi connectivity index (χ1v) is 5.84. The highest BCUT2D eigenvalue weighted by Gasteiger charge is 2.10. The monoisotopic (exact) mass is 217 g/mol. The van der Waals surface area contributed by atoms with E-state index in [1.54, 1.807) is 6.20 Å². The van der Waals surface area contributed by atoms with Crippen molar-refractivity contribution in [3.8, 4) is 0 Å². The molecule has 0 amide bonds. The van der Waals surface area contributed by atoms with Crippen LogP contribution in [0, 0.1) is 5.92 Å². The second-order valence-corrected chi connectivity index (χ2v) is 3.86. The lowest BCUT2D eigenvalue weighted by molar-refractivity contribution is 0.850. The van der Waals surface area contributed by atoms with Crippen LogP contribution < -0.4 is 0 Å². The van der Waals surface area contributed by atoms with E-state index in [1.165, 1.54) is 0 Å². The summed E-state index contributed by atoms with van der Waals surface area (Å²) in [5.74, 6) is 0.419. The number of rotatable bonds is 3. The maximum atomic E-state index is 4.36. The van der Waals surface area contributed by atoms with E-state index in [-0.39, 0.29) is 0 Å². The molecule has 0 N–H and O–H groups in total. The molecule has 88 valence electrons. The number of nitrogens with zero attached hydrogens (tertiary/aromatic N) is 1. The van der Waals surface area contributed by atoms with Gasteiger partial charge in [-0.15, -0.1) is 0 Å². The molecule has 0 aliphatic rings. The van der Waals surface area contributed by atoms with Gasteiger partial charge in [-0.3, -0.25) is 4.98 Å². The van der Waals surface area contributed by atoms with Crippen LogP contribution in [0.3, 0.4) is 0 Å². The molecule has 1 nitrogen and oxygen atoms in total. The Morgan fingerprint density at radius 1 is 1.25 bits per heavy atom. The minimum absolute atomic E-state index is 0.419. The summed E-state index contributed by atoms with van der Waals surface area (Å²) in [6.45, 7) is 18.3. The third-order valence-corrected chi connectivity index (χ3v) is 2.27. The van der Waals surface area contributed by atoms with Crippen molar-refractivity contribution in [1.29, 1.82) is 0 Å². The first-order chi connectivity index (χ1) is 7.54. The number of aromatic nitrogens is 1. The second-order valence-electron chi connectivity index (χ2n) is 3.86. The molecule has 0 saturated heterocycles. The van der Waals surface area contributed by atoms with Crippen LogP contribution in [0.5, 0.6) is 0 Å². The lowest BCUT2D eigenvalue weighted by atomic mass is 9.95. The molecule has 0 saturated carbocycles. The van der Waals surface area contributed by atoms with Crippen molar-refractivity contribution in [3.63, 3.8) is 0 Å². The van der Waals surface area contributed by atoms with Gasteiger partial charge in [0, 0.05) is 11.8 Å². The highest BCUT2D eigenvalue weighted by molar-refractivity contribution is 5.75. The van der Waals surface area contributed by atoms with E-state index in [4.69, 9.17) is 0 Å². The third kappa shape index (κ3) is 3.65. The SMILES string of the molecule is C=C(C)c1cccnc1C(=C)C(C)C.CC. The topological polar surface area (TPSA) is 12.9 Å². The van der Waals surface area contributed by atoms with Gasteiger partial charge in [0.05, 0.1) is 5.69 Å². The van der Waals surface area contributed by atoms with Gasteiger partial charge in [-0.25, -0.2) is 0 Å². The van der Waals surface area contributed by atoms with Gasteiger partial charge in [0.15, 0.2) is 0 Å². The molecule has 0 aromatic carbocycles. The number of hydrogen-bond donors (Lipinski definition) is 0. The van der Waals surface area contributed by atoms with Crippen LogP contribution in [0.25, 0.3) is 11.1 Å². The van der Waals surface area contributed by atoms with Crippen LogP contribution in [0.1, 0.15) is 45.9 Å². The quantitative estimate of drug-likeness (QED) is 0.708. The molecule has 1 heteroatoms. The minimum atomic E-state index is 0.419. The molecular weight excluding hydrogens is 194 g/mol. The Hall–Kier alpha value is -1.37. The Labute approximate surface area is 99.9 Å². The molecule has 16 heavy (non-hydrogen) atoms. The summed E-state index contributed by atoms with van der Waals surface area (Å²) in [7, 11) is 0. The molecule has 1 heterocycles. The van der Waals surface area contributed by atoms with Gasteiger partial charge in [-0.2, -0.15) is 0 Å². The van der Waals surface area contributed by atoms with E-state index in [0.29, 0.717) is 5.92 Å². The van der Waals surface area contributed by atoms with Gasteiger partial charge in [-0.1, -0.05) is 46.9 Å².